The van der Waals surface area contributed by atoms with Crippen LogP contribution in [0, 0.1) is 0 Å². The Labute approximate surface area is 187 Å². The fraction of sp³-hybridized carbons (Fsp3) is 0.579. The number of anilines is 3. The molecule has 1 atom stereocenters. The molecule has 5 heterocycles. The summed E-state index contributed by atoms with van der Waals surface area (Å²) in [5.74, 6) is 1.70. The molecule has 0 bridgehead atoms. The third kappa shape index (κ3) is 3.64. The van der Waals surface area contributed by atoms with E-state index in [1.165, 1.54) is 11.4 Å². The van der Waals surface area contributed by atoms with Gasteiger partial charge in [-0.3, -0.25) is 0 Å². The van der Waals surface area contributed by atoms with Crippen molar-refractivity contribution < 1.29 is 13.2 Å². The lowest BCUT2D eigenvalue weighted by atomic mass is 10.1. The molecule has 0 amide bonds. The first-order valence-electron chi connectivity index (χ1n) is 10.7. The Morgan fingerprint density at radius 2 is 1.91 bits per heavy atom. The molecule has 12 nitrogen and oxygen atoms in total. The molecule has 0 saturated carbocycles. The molecule has 32 heavy (non-hydrogen) atoms. The second kappa shape index (κ2) is 8.06. The number of nitrogens with one attached hydrogen (secondary N) is 1. The molecule has 0 aliphatic carbocycles. The average Bonchev–Trinajstić information content (AvgIpc) is 3.16. The van der Waals surface area contributed by atoms with Crippen LogP contribution in [0.2, 0.25) is 0 Å². The van der Waals surface area contributed by atoms with Crippen molar-refractivity contribution in [3.63, 3.8) is 0 Å². The monoisotopic (exact) mass is 461 g/mol. The Kier molecular flexibility index (Phi) is 5.35. The van der Waals surface area contributed by atoms with Crippen molar-refractivity contribution in [3.05, 3.63) is 18.0 Å². The van der Waals surface area contributed by atoms with Crippen LogP contribution < -0.4 is 20.3 Å². The van der Waals surface area contributed by atoms with E-state index >= 15 is 0 Å². The van der Waals surface area contributed by atoms with Gasteiger partial charge in [-0.15, -0.1) is 0 Å². The van der Waals surface area contributed by atoms with Crippen LogP contribution in [0.1, 0.15) is 12.5 Å². The normalized spacial score (nSPS) is 22.1. The summed E-state index contributed by atoms with van der Waals surface area (Å²) in [6.07, 6.45) is 4.14. The number of rotatable bonds is 5. The van der Waals surface area contributed by atoms with E-state index in [0.29, 0.717) is 38.8 Å². The van der Waals surface area contributed by atoms with Crippen LogP contribution in [-0.4, -0.2) is 91.2 Å². The van der Waals surface area contributed by atoms with Gasteiger partial charge in [0.05, 0.1) is 31.0 Å². The van der Waals surface area contributed by atoms with Gasteiger partial charge in [0.2, 0.25) is 11.9 Å². The van der Waals surface area contributed by atoms with Gasteiger partial charge in [-0.25, -0.2) is 19.7 Å². The topological polar surface area (TPSA) is 143 Å². The van der Waals surface area contributed by atoms with Gasteiger partial charge in [0.15, 0.2) is 0 Å². The summed E-state index contributed by atoms with van der Waals surface area (Å²) in [6, 6.07) is 0.215. The molecule has 0 radical (unpaired) electrons. The zero-order valence-electron chi connectivity index (χ0n) is 18.1. The summed E-state index contributed by atoms with van der Waals surface area (Å²) in [5, 5.41) is 0. The van der Waals surface area contributed by atoms with E-state index in [0.717, 1.165) is 35.6 Å². The Morgan fingerprint density at radius 3 is 2.59 bits per heavy atom. The molecule has 13 heteroatoms. The van der Waals surface area contributed by atoms with Crippen LogP contribution in [0.4, 0.5) is 17.7 Å². The van der Waals surface area contributed by atoms with Crippen molar-refractivity contribution in [1.82, 2.24) is 29.0 Å². The van der Waals surface area contributed by atoms with E-state index < -0.39 is 10.2 Å². The van der Waals surface area contributed by atoms with E-state index in [1.807, 2.05) is 0 Å². The number of nitrogens with two attached hydrogens (primary N) is 1. The standard InChI is InChI=1S/C19H27N9O3S/c1-12-11-31-6-5-27(12)19-24-16(13-7-22-18(20)23-8-13)15-3-4-28(17(15)25-19)14-9-26(10-14)32(29,30)21-2/h7-8,12,14,21H,3-6,9-11H2,1-2H3,(H2,20,22,23). The minimum absolute atomic E-state index is 0.0692. The van der Waals surface area contributed by atoms with Gasteiger partial charge in [-0.2, -0.15) is 17.7 Å². The number of nitrogen functional groups attached to an aromatic ring is 1. The third-order valence-electron chi connectivity index (χ3n) is 6.29. The van der Waals surface area contributed by atoms with Gasteiger partial charge < -0.3 is 20.3 Å². The van der Waals surface area contributed by atoms with Crippen molar-refractivity contribution in [1.29, 1.82) is 0 Å². The van der Waals surface area contributed by atoms with Gasteiger partial charge in [0, 0.05) is 56.7 Å². The van der Waals surface area contributed by atoms with E-state index in [2.05, 4.69) is 31.4 Å². The molecule has 2 aromatic rings. The Bertz CT molecular complexity index is 1110. The maximum atomic E-state index is 12.1. The fourth-order valence-electron chi connectivity index (χ4n) is 4.41. The highest BCUT2D eigenvalue weighted by Crippen LogP contribution is 2.38. The first-order valence-corrected chi connectivity index (χ1v) is 12.1. The van der Waals surface area contributed by atoms with Crippen LogP contribution in [0.3, 0.4) is 0 Å². The molecule has 5 rings (SSSR count). The van der Waals surface area contributed by atoms with Gasteiger partial charge in [-0.05, 0) is 13.3 Å². The number of aromatic nitrogens is 4. The maximum absolute atomic E-state index is 12.1. The Morgan fingerprint density at radius 1 is 1.16 bits per heavy atom. The third-order valence-corrected chi connectivity index (χ3v) is 7.78. The van der Waals surface area contributed by atoms with Gasteiger partial charge >= 0.3 is 0 Å². The summed E-state index contributed by atoms with van der Waals surface area (Å²) < 4.78 is 33.6. The van der Waals surface area contributed by atoms with Gasteiger partial charge in [0.25, 0.3) is 10.2 Å². The molecule has 3 aliphatic rings. The molecule has 1 unspecified atom stereocenters. The predicted octanol–water partition coefficient (Wildman–Crippen LogP) is -0.748. The summed E-state index contributed by atoms with van der Waals surface area (Å²) in [6.45, 7) is 5.64. The quantitative estimate of drug-likeness (QED) is 0.584. The Hall–Kier alpha value is -2.61. The predicted molar refractivity (Wildman–Crippen MR) is 119 cm³/mol. The molecule has 2 aromatic heterocycles. The summed E-state index contributed by atoms with van der Waals surface area (Å²) in [4.78, 5) is 22.5. The first kappa shape index (κ1) is 21.2. The minimum atomic E-state index is -3.42. The number of ether oxygens (including phenoxy) is 1. The summed E-state index contributed by atoms with van der Waals surface area (Å²) in [7, 11) is -1.99. The number of nitrogens with zero attached hydrogens (tertiary/aromatic N) is 7. The highest BCUT2D eigenvalue weighted by atomic mass is 32.2. The lowest BCUT2D eigenvalue weighted by Gasteiger charge is -2.43. The zero-order chi connectivity index (χ0) is 22.5. The number of morpholine rings is 1. The van der Waals surface area contributed by atoms with Crippen molar-refractivity contribution in [3.8, 4) is 11.3 Å². The summed E-state index contributed by atoms with van der Waals surface area (Å²) in [5.41, 5.74) is 8.29. The molecule has 172 valence electrons. The van der Waals surface area contributed by atoms with E-state index in [1.54, 1.807) is 12.4 Å². The second-order valence-corrected chi connectivity index (χ2v) is 10.1. The lowest BCUT2D eigenvalue weighted by molar-refractivity contribution is 0.0981. The van der Waals surface area contributed by atoms with E-state index in [4.69, 9.17) is 20.4 Å². The zero-order valence-corrected chi connectivity index (χ0v) is 18.9. The molecule has 0 aromatic carbocycles. The van der Waals surface area contributed by atoms with Crippen molar-refractivity contribution in [2.75, 3.05) is 62.0 Å². The summed E-state index contributed by atoms with van der Waals surface area (Å²) >= 11 is 0. The van der Waals surface area contributed by atoms with Crippen molar-refractivity contribution in [2.45, 2.75) is 25.4 Å². The largest absolute Gasteiger partial charge is 0.377 e. The first-order chi connectivity index (χ1) is 15.4. The van der Waals surface area contributed by atoms with Crippen LogP contribution in [0.15, 0.2) is 12.4 Å². The highest BCUT2D eigenvalue weighted by Gasteiger charge is 2.42. The molecule has 3 aliphatic heterocycles. The SMILES string of the molecule is CNS(=O)(=O)N1CC(N2CCc3c(-c4cnc(N)nc4)nc(N4CCOCC4C)nc32)C1. The number of hydrogen-bond donors (Lipinski definition) is 2. The van der Waals surface area contributed by atoms with Gasteiger partial charge in [0.1, 0.15) is 5.82 Å². The smallest absolute Gasteiger partial charge is 0.279 e. The molecule has 2 saturated heterocycles. The molecule has 3 N–H and O–H groups in total. The highest BCUT2D eigenvalue weighted by molar-refractivity contribution is 7.87. The van der Waals surface area contributed by atoms with Gasteiger partial charge in [-0.1, -0.05) is 0 Å². The average molecular weight is 462 g/mol. The second-order valence-electron chi connectivity index (χ2n) is 8.25. The van der Waals surface area contributed by atoms with E-state index in [-0.39, 0.29) is 18.0 Å². The van der Waals surface area contributed by atoms with Crippen molar-refractivity contribution >= 4 is 27.9 Å². The molecular weight excluding hydrogens is 434 g/mol. The minimum Gasteiger partial charge on any atom is -0.377 e. The molecule has 2 fully saturated rings. The van der Waals surface area contributed by atoms with Crippen molar-refractivity contribution in [2.24, 2.45) is 0 Å². The maximum Gasteiger partial charge on any atom is 0.279 e. The fourth-order valence-corrected chi connectivity index (χ4v) is 5.41. The number of hydrogen-bond acceptors (Lipinski definition) is 10. The number of fused-ring (bicyclic) bond motifs is 1. The van der Waals surface area contributed by atoms with Crippen LogP contribution in [0.5, 0.6) is 0 Å². The molecule has 0 spiro atoms. The Balaban J connectivity index is 1.52. The van der Waals surface area contributed by atoms with Crippen LogP contribution >= 0.6 is 0 Å². The van der Waals surface area contributed by atoms with Crippen LogP contribution in [-0.2, 0) is 21.4 Å². The molecular formula is C19H27N9O3S. The lowest BCUT2D eigenvalue weighted by Crippen LogP contribution is -2.62. The van der Waals surface area contributed by atoms with E-state index in [9.17, 15) is 8.42 Å². The van der Waals surface area contributed by atoms with Crippen LogP contribution in [0.25, 0.3) is 11.3 Å².